The number of methoxy groups -OCH3 is 1. The van der Waals surface area contributed by atoms with Crippen LogP contribution in [-0.2, 0) is 10.0 Å². The fraction of sp³-hybridized carbons (Fsp3) is 0.588. The van der Waals surface area contributed by atoms with E-state index in [0.29, 0.717) is 0 Å². The fourth-order valence-electron chi connectivity index (χ4n) is 3.39. The van der Waals surface area contributed by atoms with Crippen molar-refractivity contribution in [1.29, 1.82) is 0 Å². The first-order valence-corrected chi connectivity index (χ1v) is 11.0. The van der Waals surface area contributed by atoms with E-state index < -0.39 is 10.0 Å². The molecule has 8 heteroatoms. The van der Waals surface area contributed by atoms with Crippen LogP contribution in [0.4, 0.5) is 5.13 Å². The summed E-state index contributed by atoms with van der Waals surface area (Å²) in [4.78, 5) is 7.00. The van der Waals surface area contributed by atoms with Gasteiger partial charge in [-0.2, -0.15) is 0 Å². The molecule has 0 N–H and O–H groups in total. The molecule has 2 heterocycles. The van der Waals surface area contributed by atoms with Gasteiger partial charge in [-0.3, -0.25) is 0 Å². The third kappa shape index (κ3) is 3.22. The maximum atomic E-state index is 12.4. The summed E-state index contributed by atoms with van der Waals surface area (Å²) in [6.07, 6.45) is 3.34. The first-order chi connectivity index (χ1) is 12.0. The number of rotatable bonds is 5. The Morgan fingerprint density at radius 2 is 1.96 bits per heavy atom. The van der Waals surface area contributed by atoms with Crippen LogP contribution in [0.3, 0.4) is 0 Å². The molecule has 1 saturated heterocycles. The fourth-order valence-corrected chi connectivity index (χ4v) is 6.21. The number of benzene rings is 1. The lowest BCUT2D eigenvalue weighted by Gasteiger charge is -2.36. The van der Waals surface area contributed by atoms with Crippen LogP contribution in [0.25, 0.3) is 10.2 Å². The molecule has 1 aliphatic heterocycles. The van der Waals surface area contributed by atoms with E-state index in [0.717, 1.165) is 59.9 Å². The third-order valence-electron chi connectivity index (χ3n) is 5.18. The van der Waals surface area contributed by atoms with Crippen molar-refractivity contribution in [3.8, 4) is 5.75 Å². The molecule has 2 aromatic rings. The maximum absolute atomic E-state index is 12.4. The second kappa shape index (κ2) is 6.41. The molecule has 1 aromatic heterocycles. The van der Waals surface area contributed by atoms with Crippen molar-refractivity contribution in [3.05, 3.63) is 18.2 Å². The third-order valence-corrected chi connectivity index (χ3v) is 8.69. The number of sulfonamides is 1. The van der Waals surface area contributed by atoms with Crippen LogP contribution in [0, 0.1) is 0 Å². The largest absolute Gasteiger partial charge is 0.497 e. The van der Waals surface area contributed by atoms with Gasteiger partial charge in [-0.1, -0.05) is 11.3 Å². The number of nitrogens with zero attached hydrogens (tertiary/aromatic N) is 3. The molecule has 0 spiro atoms. The standard InChI is InChI=1S/C17H23N3O3S2/c1-19(25(21,22)14-4-5-14)12-7-9-20(10-8-12)17-18-15-11-13(23-2)3-6-16(15)24-17/h3,6,11-12,14H,4-5,7-10H2,1-2H3. The monoisotopic (exact) mass is 381 g/mol. The number of hydrogen-bond donors (Lipinski definition) is 0. The van der Waals surface area contributed by atoms with E-state index in [9.17, 15) is 8.42 Å². The molecule has 2 aliphatic rings. The Bertz CT molecular complexity index is 868. The highest BCUT2D eigenvalue weighted by molar-refractivity contribution is 7.90. The summed E-state index contributed by atoms with van der Waals surface area (Å²) in [5, 5.41) is 0.879. The number of ether oxygens (including phenoxy) is 1. The smallest absolute Gasteiger partial charge is 0.216 e. The van der Waals surface area contributed by atoms with Crippen LogP contribution in [-0.4, -0.2) is 56.2 Å². The maximum Gasteiger partial charge on any atom is 0.216 e. The van der Waals surface area contributed by atoms with Gasteiger partial charge in [0.25, 0.3) is 0 Å². The molecule has 0 bridgehead atoms. The Kier molecular flexibility index (Phi) is 4.37. The molecule has 6 nitrogen and oxygen atoms in total. The van der Waals surface area contributed by atoms with Crippen LogP contribution in [0.5, 0.6) is 5.75 Å². The second-order valence-corrected chi connectivity index (χ2v) is 10.1. The summed E-state index contributed by atoms with van der Waals surface area (Å²) >= 11 is 1.68. The lowest BCUT2D eigenvalue weighted by molar-refractivity contribution is 0.311. The number of thiazole rings is 1. The number of anilines is 1. The molecule has 1 aromatic carbocycles. The van der Waals surface area contributed by atoms with Gasteiger partial charge in [-0.05, 0) is 37.8 Å². The van der Waals surface area contributed by atoms with E-state index >= 15 is 0 Å². The van der Waals surface area contributed by atoms with Gasteiger partial charge < -0.3 is 9.64 Å². The molecule has 0 atom stereocenters. The minimum atomic E-state index is -3.09. The summed E-state index contributed by atoms with van der Waals surface area (Å²) < 4.78 is 32.9. The Hall–Kier alpha value is -1.38. The predicted octanol–water partition coefficient (Wildman–Crippen LogP) is 2.70. The van der Waals surface area contributed by atoms with Gasteiger partial charge in [-0.15, -0.1) is 0 Å². The zero-order chi connectivity index (χ0) is 17.6. The molecule has 25 heavy (non-hydrogen) atoms. The van der Waals surface area contributed by atoms with Gasteiger partial charge in [-0.25, -0.2) is 17.7 Å². The van der Waals surface area contributed by atoms with E-state index in [1.54, 1.807) is 29.8 Å². The SMILES string of the molecule is COc1ccc2sc(N3CCC(N(C)S(=O)(=O)C4CC4)CC3)nc2c1. The van der Waals surface area contributed by atoms with Crippen molar-refractivity contribution in [3.63, 3.8) is 0 Å². The second-order valence-electron chi connectivity index (χ2n) is 6.81. The molecule has 136 valence electrons. The first-order valence-electron chi connectivity index (χ1n) is 8.65. The number of hydrogen-bond acceptors (Lipinski definition) is 6. The van der Waals surface area contributed by atoms with E-state index in [2.05, 4.69) is 4.90 Å². The van der Waals surface area contributed by atoms with Gasteiger partial charge in [0.2, 0.25) is 10.0 Å². The minimum absolute atomic E-state index is 0.108. The van der Waals surface area contributed by atoms with Crippen molar-refractivity contribution in [2.24, 2.45) is 0 Å². The molecule has 1 aliphatic carbocycles. The molecule has 0 radical (unpaired) electrons. The summed E-state index contributed by atoms with van der Waals surface area (Å²) in [6, 6.07) is 6.06. The van der Waals surface area contributed by atoms with Crippen LogP contribution in [0.1, 0.15) is 25.7 Å². The van der Waals surface area contributed by atoms with Crippen molar-refractivity contribution in [1.82, 2.24) is 9.29 Å². The van der Waals surface area contributed by atoms with E-state index in [1.807, 2.05) is 18.2 Å². The lowest BCUT2D eigenvalue weighted by Crippen LogP contribution is -2.46. The topological polar surface area (TPSA) is 62.7 Å². The average molecular weight is 382 g/mol. The van der Waals surface area contributed by atoms with Gasteiger partial charge in [0.1, 0.15) is 5.75 Å². The minimum Gasteiger partial charge on any atom is -0.497 e. The van der Waals surface area contributed by atoms with Crippen LogP contribution in [0.2, 0.25) is 0 Å². The molecule has 1 saturated carbocycles. The molecular weight excluding hydrogens is 358 g/mol. The van der Waals surface area contributed by atoms with E-state index in [4.69, 9.17) is 9.72 Å². The van der Waals surface area contributed by atoms with Gasteiger partial charge in [0.05, 0.1) is 22.6 Å². The Balaban J connectivity index is 1.45. The lowest BCUT2D eigenvalue weighted by atomic mass is 10.1. The Labute approximate surface area is 152 Å². The highest BCUT2D eigenvalue weighted by atomic mass is 32.2. The molecule has 0 unspecified atom stereocenters. The quantitative estimate of drug-likeness (QED) is 0.797. The van der Waals surface area contributed by atoms with Crippen LogP contribution < -0.4 is 9.64 Å². The number of aromatic nitrogens is 1. The van der Waals surface area contributed by atoms with Crippen molar-refractivity contribution in [2.45, 2.75) is 37.0 Å². The summed E-state index contributed by atoms with van der Waals surface area (Å²) in [5.41, 5.74) is 0.954. The number of piperidine rings is 1. The predicted molar refractivity (Wildman–Crippen MR) is 101 cm³/mol. The molecule has 0 amide bonds. The summed E-state index contributed by atoms with van der Waals surface area (Å²) in [7, 11) is 0.318. The summed E-state index contributed by atoms with van der Waals surface area (Å²) in [6.45, 7) is 1.68. The normalized spacial score (nSPS) is 19.7. The average Bonchev–Trinajstić information content (AvgIpc) is 3.41. The van der Waals surface area contributed by atoms with Crippen molar-refractivity contribution >= 4 is 36.7 Å². The Morgan fingerprint density at radius 1 is 1.24 bits per heavy atom. The molecule has 4 rings (SSSR count). The van der Waals surface area contributed by atoms with Crippen LogP contribution >= 0.6 is 11.3 Å². The van der Waals surface area contributed by atoms with Gasteiger partial charge in [0.15, 0.2) is 5.13 Å². The number of fused-ring (bicyclic) bond motifs is 1. The highest BCUT2D eigenvalue weighted by Crippen LogP contribution is 2.35. The molecule has 2 fully saturated rings. The first kappa shape index (κ1) is 17.1. The molecular formula is C17H23N3O3S2. The summed E-state index contributed by atoms with van der Waals surface area (Å²) in [5.74, 6) is 0.815. The van der Waals surface area contributed by atoms with Gasteiger partial charge >= 0.3 is 0 Å². The highest BCUT2D eigenvalue weighted by Gasteiger charge is 2.41. The van der Waals surface area contributed by atoms with E-state index in [1.165, 1.54) is 0 Å². The zero-order valence-electron chi connectivity index (χ0n) is 14.5. The Morgan fingerprint density at radius 3 is 2.60 bits per heavy atom. The zero-order valence-corrected chi connectivity index (χ0v) is 16.1. The van der Waals surface area contributed by atoms with E-state index in [-0.39, 0.29) is 11.3 Å². The van der Waals surface area contributed by atoms with Crippen molar-refractivity contribution in [2.75, 3.05) is 32.1 Å². The van der Waals surface area contributed by atoms with Crippen molar-refractivity contribution < 1.29 is 13.2 Å². The van der Waals surface area contributed by atoms with Gasteiger partial charge in [0, 0.05) is 32.2 Å². The van der Waals surface area contributed by atoms with Crippen LogP contribution in [0.15, 0.2) is 18.2 Å².